The second-order valence-corrected chi connectivity index (χ2v) is 11.8. The van der Waals surface area contributed by atoms with Crippen molar-refractivity contribution in [2.24, 2.45) is 10.7 Å². The largest absolute Gasteiger partial charge is 0.511 e. The summed E-state index contributed by atoms with van der Waals surface area (Å²) in [5.74, 6) is -1.67. The van der Waals surface area contributed by atoms with E-state index in [1.54, 1.807) is 30.3 Å². The van der Waals surface area contributed by atoms with Gasteiger partial charge in [-0.1, -0.05) is 6.92 Å². The monoisotopic (exact) mass is 770 g/mol. The van der Waals surface area contributed by atoms with Crippen LogP contribution < -0.4 is 25.3 Å². The molecule has 0 bridgehead atoms. The number of aliphatic imine (C=N–C) groups is 1. The molecule has 4 rings (SSSR count). The molecular weight excluding hydrogens is 730 g/mol. The van der Waals surface area contributed by atoms with Gasteiger partial charge in [0.05, 0.1) is 13.7 Å². The smallest absolute Gasteiger partial charge is 0.497 e. The lowest BCUT2D eigenvalue weighted by molar-refractivity contribution is -0.141. The topological polar surface area (TPSA) is 223 Å². The van der Waals surface area contributed by atoms with Crippen molar-refractivity contribution in [3.05, 3.63) is 77.6 Å². The van der Waals surface area contributed by atoms with Crippen LogP contribution in [0.1, 0.15) is 57.1 Å². The number of nitrogens with one attached hydrogen (secondary N) is 1. The predicted molar refractivity (Wildman–Crippen MR) is 189 cm³/mol. The SMILES string of the molecule is CCCOC(=O)/N=C(\N)c1ccc(N[C@@H](c2nc(OCOC(=O)OC(C)(C)CF)n(-c3ncccn3)n2)c2cc(OC)cc(OCCOC(C)=O)c2F)cc1. The summed E-state index contributed by atoms with van der Waals surface area (Å²) in [4.78, 5) is 52.0. The molecule has 0 spiro atoms. The zero-order chi connectivity index (χ0) is 40.0. The minimum atomic E-state index is -1.44. The normalized spacial score (nSPS) is 11.9. The zero-order valence-corrected chi connectivity index (χ0v) is 30.6. The maximum Gasteiger partial charge on any atom is 0.511 e. The van der Waals surface area contributed by atoms with Gasteiger partial charge in [0, 0.05) is 42.2 Å². The third-order valence-electron chi connectivity index (χ3n) is 7.01. The Morgan fingerprint density at radius 1 is 1.02 bits per heavy atom. The highest BCUT2D eigenvalue weighted by molar-refractivity contribution is 6.02. The van der Waals surface area contributed by atoms with Gasteiger partial charge in [0.15, 0.2) is 17.4 Å². The minimum absolute atomic E-state index is 0.0201. The molecule has 3 N–H and O–H groups in total. The van der Waals surface area contributed by atoms with Gasteiger partial charge in [-0.2, -0.15) is 9.98 Å². The number of carbonyl (C=O) groups excluding carboxylic acids is 3. The van der Waals surface area contributed by atoms with Gasteiger partial charge >= 0.3 is 24.2 Å². The van der Waals surface area contributed by atoms with E-state index in [1.165, 1.54) is 52.4 Å². The van der Waals surface area contributed by atoms with Crippen molar-refractivity contribution in [1.82, 2.24) is 24.7 Å². The summed E-state index contributed by atoms with van der Waals surface area (Å²) in [6, 6.07) is 9.03. The number of nitrogens with two attached hydrogens (primary N) is 1. The first-order chi connectivity index (χ1) is 26.3. The Bertz CT molecular complexity index is 1950. The van der Waals surface area contributed by atoms with Gasteiger partial charge in [0.2, 0.25) is 6.79 Å². The Morgan fingerprint density at radius 2 is 1.75 bits per heavy atom. The zero-order valence-electron chi connectivity index (χ0n) is 30.6. The molecule has 18 nitrogen and oxygen atoms in total. The van der Waals surface area contributed by atoms with Gasteiger partial charge in [-0.05, 0) is 56.7 Å². The molecule has 0 saturated carbocycles. The number of ether oxygens (including phenoxy) is 7. The second-order valence-electron chi connectivity index (χ2n) is 11.8. The number of benzene rings is 2. The number of methoxy groups -OCH3 is 1. The summed E-state index contributed by atoms with van der Waals surface area (Å²) < 4.78 is 67.2. The Hall–Kier alpha value is -6.60. The fraction of sp³-hybridized carbons (Fsp3) is 0.371. The molecule has 0 aliphatic carbocycles. The molecule has 0 aliphatic heterocycles. The molecule has 2 aromatic heterocycles. The summed E-state index contributed by atoms with van der Waals surface area (Å²) in [5, 5.41) is 7.70. The molecule has 1 amide bonds. The molecule has 1 atom stereocenters. The molecule has 0 unspecified atom stereocenters. The van der Waals surface area contributed by atoms with E-state index < -0.39 is 49.1 Å². The lowest BCUT2D eigenvalue weighted by Gasteiger charge is -2.21. The van der Waals surface area contributed by atoms with Crippen LogP contribution in [0.4, 0.5) is 24.1 Å². The van der Waals surface area contributed by atoms with Gasteiger partial charge in [0.1, 0.15) is 43.1 Å². The molecule has 294 valence electrons. The molecule has 0 aliphatic rings. The van der Waals surface area contributed by atoms with Gasteiger partial charge in [-0.25, -0.2) is 28.3 Å². The average Bonchev–Trinajstić information content (AvgIpc) is 3.59. The number of aromatic nitrogens is 5. The van der Waals surface area contributed by atoms with Gasteiger partial charge in [-0.15, -0.1) is 9.78 Å². The van der Waals surface area contributed by atoms with E-state index in [2.05, 4.69) is 30.4 Å². The number of amides is 1. The molecule has 4 aromatic rings. The van der Waals surface area contributed by atoms with Gasteiger partial charge in [0.25, 0.3) is 5.95 Å². The molecule has 20 heteroatoms. The van der Waals surface area contributed by atoms with Crippen molar-refractivity contribution in [2.75, 3.05) is 45.7 Å². The standard InChI is InChI=1S/C35H40F2N8O10/c1-6-14-52-33(47)42-29(38)22-8-10-23(11-9-22)41-28(25-17-24(49-5)18-26(27(25)37)51-16-15-50-21(2)46)30-43-32(45(44-30)31-39-12-7-13-40-31)53-20-54-34(48)55-35(3,4)19-36/h7-13,17-18,28,41H,6,14-16,19-20H2,1-5H3,(H2,38,42,47)/t28-/m1/s1. The van der Waals surface area contributed by atoms with Crippen LogP contribution in [0.2, 0.25) is 0 Å². The number of alkyl halides is 1. The fourth-order valence-corrected chi connectivity index (χ4v) is 4.41. The van der Waals surface area contributed by atoms with E-state index in [0.29, 0.717) is 17.7 Å². The number of rotatable bonds is 18. The lowest BCUT2D eigenvalue weighted by Crippen LogP contribution is -2.31. The second kappa shape index (κ2) is 19.5. The number of nitrogens with zero attached hydrogens (tertiary/aromatic N) is 6. The van der Waals surface area contributed by atoms with Crippen molar-refractivity contribution in [3.8, 4) is 23.5 Å². The Labute approximate surface area is 313 Å². The molecule has 0 saturated heterocycles. The van der Waals surface area contributed by atoms with E-state index in [-0.39, 0.29) is 60.5 Å². The predicted octanol–water partition coefficient (Wildman–Crippen LogP) is 4.84. The van der Waals surface area contributed by atoms with Crippen LogP contribution in [0.25, 0.3) is 5.95 Å². The summed E-state index contributed by atoms with van der Waals surface area (Å²) in [5.41, 5.74) is 5.29. The highest BCUT2D eigenvalue weighted by atomic mass is 19.1. The number of esters is 1. The number of amidine groups is 1. The van der Waals surface area contributed by atoms with Crippen LogP contribution in [-0.4, -0.2) is 94.8 Å². The average molecular weight is 771 g/mol. The van der Waals surface area contributed by atoms with Gasteiger partial charge < -0.3 is 44.2 Å². The van der Waals surface area contributed by atoms with Crippen LogP contribution >= 0.6 is 0 Å². The maximum absolute atomic E-state index is 16.5. The summed E-state index contributed by atoms with van der Waals surface area (Å²) in [6.45, 7) is 3.91. The molecule has 2 heterocycles. The Balaban J connectivity index is 1.76. The van der Waals surface area contributed by atoms with E-state index >= 15 is 4.39 Å². The first-order valence-electron chi connectivity index (χ1n) is 16.6. The van der Waals surface area contributed by atoms with E-state index in [0.717, 1.165) is 4.68 Å². The van der Waals surface area contributed by atoms with Crippen LogP contribution in [0, 0.1) is 5.82 Å². The number of anilines is 1. The number of hydrogen-bond acceptors (Lipinski definition) is 15. The van der Waals surface area contributed by atoms with Crippen molar-refractivity contribution < 1.29 is 56.3 Å². The summed E-state index contributed by atoms with van der Waals surface area (Å²) >= 11 is 0. The third kappa shape index (κ3) is 12.0. The van der Waals surface area contributed by atoms with Crippen LogP contribution in [-0.2, 0) is 23.7 Å². The number of carbonyl (C=O) groups is 3. The minimum Gasteiger partial charge on any atom is -0.497 e. The van der Waals surface area contributed by atoms with E-state index in [1.807, 2.05) is 6.92 Å². The first kappa shape index (κ1) is 41.2. The van der Waals surface area contributed by atoms with Crippen molar-refractivity contribution in [2.45, 2.75) is 45.8 Å². The Morgan fingerprint density at radius 3 is 2.40 bits per heavy atom. The summed E-state index contributed by atoms with van der Waals surface area (Å²) in [7, 11) is 1.37. The highest BCUT2D eigenvalue weighted by Gasteiger charge is 2.29. The number of hydrogen-bond donors (Lipinski definition) is 2. The van der Waals surface area contributed by atoms with E-state index in [4.69, 9.17) is 38.9 Å². The van der Waals surface area contributed by atoms with Crippen molar-refractivity contribution in [3.63, 3.8) is 0 Å². The van der Waals surface area contributed by atoms with Crippen LogP contribution in [0.15, 0.2) is 59.9 Å². The maximum atomic E-state index is 16.5. The molecule has 0 fully saturated rings. The molecule has 0 radical (unpaired) electrons. The third-order valence-corrected chi connectivity index (χ3v) is 7.01. The first-order valence-corrected chi connectivity index (χ1v) is 16.6. The summed E-state index contributed by atoms with van der Waals surface area (Å²) in [6.07, 6.45) is 1.42. The number of halogens is 2. The van der Waals surface area contributed by atoms with Crippen molar-refractivity contribution in [1.29, 1.82) is 0 Å². The van der Waals surface area contributed by atoms with Crippen molar-refractivity contribution >= 4 is 29.7 Å². The quantitative estimate of drug-likeness (QED) is 0.0345. The molecule has 55 heavy (non-hydrogen) atoms. The van der Waals surface area contributed by atoms with Crippen LogP contribution in [0.5, 0.6) is 17.5 Å². The van der Waals surface area contributed by atoms with Gasteiger partial charge in [-0.3, -0.25) is 4.79 Å². The highest BCUT2D eigenvalue weighted by Crippen LogP contribution is 2.36. The molecular formula is C35H40F2N8O10. The van der Waals surface area contributed by atoms with Crippen LogP contribution in [0.3, 0.4) is 0 Å². The molecule has 2 aromatic carbocycles. The van der Waals surface area contributed by atoms with E-state index in [9.17, 15) is 18.8 Å². The fourth-order valence-electron chi connectivity index (χ4n) is 4.41. The lowest BCUT2D eigenvalue weighted by atomic mass is 10.0. The Kier molecular flexibility index (Phi) is 14.6.